The molecule has 1 heterocycles. The van der Waals surface area contributed by atoms with E-state index in [-0.39, 0.29) is 19.4 Å². The summed E-state index contributed by atoms with van der Waals surface area (Å²) in [6, 6.07) is 0. The Bertz CT molecular complexity index is 1290. The number of allylic oxidation sites excluding steroid dienone is 3. The van der Waals surface area contributed by atoms with Crippen LogP contribution in [-0.2, 0) is 38.7 Å². The summed E-state index contributed by atoms with van der Waals surface area (Å²) >= 11 is 0. The molecule has 0 aliphatic carbocycles. The largest absolute Gasteiger partial charge is 0.462 e. The second-order valence-corrected chi connectivity index (χ2v) is 20.5. The molecule has 6 atom stereocenters. The molecule has 0 radical (unpaired) electrons. The van der Waals surface area contributed by atoms with Crippen LogP contribution in [-0.4, -0.2) is 96.0 Å². The Hall–Kier alpha value is -1.87. The fraction of sp³-hybridized carbons (Fsp3) is 0.887. The standard InChI is InChI=1S/C53H98O12S/c1-3-5-7-9-11-13-15-17-19-20-21-22-23-24-25-26-28-29-31-33-35-37-39-41-48(54)62-43-46(44-63-53-52(58)51(57)50(56)47(65-53)45-66(59,60)61)64-49(55)42-40-38-36-34-32-30-27-18-16-14-12-10-8-6-4-2/h4,33,35,46-47,50-53,56-58H,2-3,5-32,34,36-45H2,1H3,(H,59,60,61)/b35-33+/t46-,47-,50-,51?,52?,53+/m1/s1. The summed E-state index contributed by atoms with van der Waals surface area (Å²) in [5, 5.41) is 31.0. The van der Waals surface area contributed by atoms with E-state index in [1.54, 1.807) is 0 Å². The van der Waals surface area contributed by atoms with Crippen LogP contribution < -0.4 is 0 Å². The summed E-state index contributed by atoms with van der Waals surface area (Å²) in [7, 11) is -4.61. The zero-order chi connectivity index (χ0) is 48.4. The van der Waals surface area contributed by atoms with Crippen LogP contribution in [0.4, 0.5) is 0 Å². The van der Waals surface area contributed by atoms with E-state index in [9.17, 15) is 37.9 Å². The third-order valence-electron chi connectivity index (χ3n) is 12.6. The lowest BCUT2D eigenvalue weighted by Crippen LogP contribution is -2.60. The SMILES string of the molecule is C=CCCCCCCCCCCCCCCCC(=O)O[C@H](COC(=O)CCC/C=C/CCCCCCCCCCCCCCCCCCCC)CO[C@H]1O[C@H](CS(=O)(=O)O)[C@@H](O)C(O)C1O. The minimum absolute atomic E-state index is 0.160. The quantitative estimate of drug-likeness (QED) is 0.0196. The summed E-state index contributed by atoms with van der Waals surface area (Å²) in [5.41, 5.74) is 0. The van der Waals surface area contributed by atoms with Gasteiger partial charge in [-0.25, -0.2) is 0 Å². The van der Waals surface area contributed by atoms with Gasteiger partial charge in [0.1, 0.15) is 36.8 Å². The predicted molar refractivity (Wildman–Crippen MR) is 266 cm³/mol. The van der Waals surface area contributed by atoms with Crippen LogP contribution in [0.2, 0.25) is 0 Å². The Morgan fingerprint density at radius 3 is 1.41 bits per heavy atom. The topological polar surface area (TPSA) is 186 Å². The number of esters is 2. The molecule has 1 fully saturated rings. The third kappa shape index (κ3) is 37.1. The van der Waals surface area contributed by atoms with Gasteiger partial charge in [-0.2, -0.15) is 8.42 Å². The first-order chi connectivity index (χ1) is 32.0. The average molecular weight is 959 g/mol. The fourth-order valence-corrected chi connectivity index (χ4v) is 9.18. The van der Waals surface area contributed by atoms with Crippen LogP contribution in [0.3, 0.4) is 0 Å². The molecule has 4 N–H and O–H groups in total. The van der Waals surface area contributed by atoms with Crippen LogP contribution >= 0.6 is 0 Å². The summed E-state index contributed by atoms with van der Waals surface area (Å²) in [6.07, 6.45) is 39.9. The molecule has 0 amide bonds. The highest BCUT2D eigenvalue weighted by Gasteiger charge is 2.46. The maximum Gasteiger partial charge on any atom is 0.306 e. The molecule has 388 valence electrons. The van der Waals surface area contributed by atoms with Crippen LogP contribution in [0, 0.1) is 0 Å². The van der Waals surface area contributed by atoms with Crippen molar-refractivity contribution in [1.82, 2.24) is 0 Å². The predicted octanol–water partition coefficient (Wildman–Crippen LogP) is 12.3. The van der Waals surface area contributed by atoms with Crippen molar-refractivity contribution in [3.05, 3.63) is 24.8 Å². The molecule has 2 unspecified atom stereocenters. The molecule has 0 aromatic rings. The normalized spacial score (nSPS) is 19.3. The van der Waals surface area contributed by atoms with Gasteiger partial charge in [0.25, 0.3) is 10.1 Å². The number of aliphatic hydroxyl groups excluding tert-OH is 3. The van der Waals surface area contributed by atoms with Crippen molar-refractivity contribution in [3.63, 3.8) is 0 Å². The molecular formula is C53H98O12S. The van der Waals surface area contributed by atoms with Gasteiger partial charge in [0.05, 0.1) is 6.61 Å². The Morgan fingerprint density at radius 1 is 0.545 bits per heavy atom. The summed E-state index contributed by atoms with van der Waals surface area (Å²) in [6.45, 7) is 5.31. The van der Waals surface area contributed by atoms with Crippen LogP contribution in [0.1, 0.15) is 244 Å². The number of aliphatic hydroxyl groups is 3. The fourth-order valence-electron chi connectivity index (χ4n) is 8.49. The highest BCUT2D eigenvalue weighted by molar-refractivity contribution is 7.85. The van der Waals surface area contributed by atoms with Gasteiger partial charge >= 0.3 is 11.9 Å². The van der Waals surface area contributed by atoms with E-state index < -0.39 is 71.2 Å². The van der Waals surface area contributed by atoms with E-state index in [1.807, 2.05) is 6.08 Å². The molecule has 1 aliphatic rings. The Kier molecular flexibility index (Phi) is 40.7. The lowest BCUT2D eigenvalue weighted by atomic mass is 10.00. The van der Waals surface area contributed by atoms with E-state index in [1.165, 1.54) is 173 Å². The first-order valence-corrected chi connectivity index (χ1v) is 28.5. The smallest absolute Gasteiger partial charge is 0.306 e. The van der Waals surface area contributed by atoms with Gasteiger partial charge in [-0.05, 0) is 44.9 Å². The highest BCUT2D eigenvalue weighted by Crippen LogP contribution is 2.24. The first-order valence-electron chi connectivity index (χ1n) is 26.9. The van der Waals surface area contributed by atoms with E-state index in [4.69, 9.17) is 18.9 Å². The molecule has 1 rings (SSSR count). The second-order valence-electron chi connectivity index (χ2n) is 19.0. The molecule has 1 saturated heterocycles. The van der Waals surface area contributed by atoms with Gasteiger partial charge in [-0.1, -0.05) is 205 Å². The Balaban J connectivity index is 2.32. The molecular weight excluding hydrogens is 861 g/mol. The van der Waals surface area contributed by atoms with Crippen molar-refractivity contribution >= 4 is 22.1 Å². The van der Waals surface area contributed by atoms with E-state index >= 15 is 0 Å². The monoisotopic (exact) mass is 959 g/mol. The summed E-state index contributed by atoms with van der Waals surface area (Å²) < 4.78 is 54.2. The number of hydrogen-bond acceptors (Lipinski definition) is 11. The zero-order valence-corrected chi connectivity index (χ0v) is 42.5. The number of hydrogen-bond donors (Lipinski definition) is 4. The number of unbranched alkanes of at least 4 members (excludes halogenated alkanes) is 32. The third-order valence-corrected chi connectivity index (χ3v) is 13.4. The zero-order valence-electron chi connectivity index (χ0n) is 41.7. The van der Waals surface area contributed by atoms with Gasteiger partial charge in [0, 0.05) is 12.8 Å². The maximum absolute atomic E-state index is 12.9. The van der Waals surface area contributed by atoms with Gasteiger partial charge in [0.15, 0.2) is 12.4 Å². The van der Waals surface area contributed by atoms with Crippen molar-refractivity contribution in [2.45, 2.75) is 281 Å². The van der Waals surface area contributed by atoms with Crippen LogP contribution in [0.25, 0.3) is 0 Å². The molecule has 0 bridgehead atoms. The van der Waals surface area contributed by atoms with Gasteiger partial charge in [-0.15, -0.1) is 6.58 Å². The van der Waals surface area contributed by atoms with Crippen LogP contribution in [0.15, 0.2) is 24.8 Å². The molecule has 0 spiro atoms. The van der Waals surface area contributed by atoms with Crippen LogP contribution in [0.5, 0.6) is 0 Å². The van der Waals surface area contributed by atoms with Crippen molar-refractivity contribution in [2.24, 2.45) is 0 Å². The lowest BCUT2D eigenvalue weighted by molar-refractivity contribution is -0.297. The summed E-state index contributed by atoms with van der Waals surface area (Å²) in [4.78, 5) is 25.5. The van der Waals surface area contributed by atoms with E-state index in [0.29, 0.717) is 12.8 Å². The molecule has 66 heavy (non-hydrogen) atoms. The number of ether oxygens (including phenoxy) is 4. The number of carbonyl (C=O) groups excluding carboxylic acids is 2. The molecule has 13 heteroatoms. The second kappa shape index (κ2) is 43.2. The summed E-state index contributed by atoms with van der Waals surface area (Å²) in [5.74, 6) is -2.01. The van der Waals surface area contributed by atoms with Crippen molar-refractivity contribution in [3.8, 4) is 0 Å². The number of rotatable bonds is 47. The van der Waals surface area contributed by atoms with Crippen molar-refractivity contribution < 1.29 is 56.8 Å². The van der Waals surface area contributed by atoms with Crippen molar-refractivity contribution in [2.75, 3.05) is 19.0 Å². The Morgan fingerprint density at radius 2 is 0.955 bits per heavy atom. The minimum atomic E-state index is -4.61. The minimum Gasteiger partial charge on any atom is -0.462 e. The molecule has 0 saturated carbocycles. The van der Waals surface area contributed by atoms with Crippen molar-refractivity contribution in [1.29, 1.82) is 0 Å². The highest BCUT2D eigenvalue weighted by atomic mass is 32.2. The first kappa shape index (κ1) is 62.1. The lowest BCUT2D eigenvalue weighted by Gasteiger charge is -2.40. The van der Waals surface area contributed by atoms with Gasteiger partial charge in [0.2, 0.25) is 0 Å². The molecule has 0 aromatic heterocycles. The molecule has 1 aliphatic heterocycles. The molecule has 12 nitrogen and oxygen atoms in total. The average Bonchev–Trinajstić information content (AvgIpc) is 3.28. The van der Waals surface area contributed by atoms with Gasteiger partial charge in [-0.3, -0.25) is 14.1 Å². The number of carbonyl (C=O) groups is 2. The Labute approximate surface area is 402 Å². The maximum atomic E-state index is 12.9. The van der Waals surface area contributed by atoms with E-state index in [0.717, 1.165) is 38.5 Å². The van der Waals surface area contributed by atoms with E-state index in [2.05, 4.69) is 25.7 Å². The molecule has 0 aromatic carbocycles. The van der Waals surface area contributed by atoms with Gasteiger partial charge < -0.3 is 34.3 Å².